The Labute approximate surface area is 132 Å². The highest BCUT2D eigenvalue weighted by atomic mass is 16.5. The highest BCUT2D eigenvalue weighted by Gasteiger charge is 2.20. The first-order valence-corrected chi connectivity index (χ1v) is 8.32. The quantitative estimate of drug-likeness (QED) is 0.908. The Morgan fingerprint density at radius 2 is 2.05 bits per heavy atom. The molecule has 0 bridgehead atoms. The van der Waals surface area contributed by atoms with Crippen molar-refractivity contribution < 1.29 is 4.74 Å². The molecule has 3 rings (SSSR count). The highest BCUT2D eigenvalue weighted by molar-refractivity contribution is 5.54. The van der Waals surface area contributed by atoms with Crippen LogP contribution in [0.25, 0.3) is 5.69 Å². The number of aryl methyl sites for hydroxylation is 1. The van der Waals surface area contributed by atoms with Crippen LogP contribution in [0.15, 0.2) is 24.3 Å². The second-order valence-corrected chi connectivity index (χ2v) is 5.87. The molecule has 0 spiro atoms. The molecular formula is C18H25N3O. The molecule has 4 nitrogen and oxygen atoms in total. The van der Waals surface area contributed by atoms with Gasteiger partial charge in [0.15, 0.2) is 0 Å². The van der Waals surface area contributed by atoms with Crippen LogP contribution < -0.4 is 10.1 Å². The lowest BCUT2D eigenvalue weighted by atomic mass is 10.1. The van der Waals surface area contributed by atoms with Gasteiger partial charge in [0.1, 0.15) is 11.6 Å². The lowest BCUT2D eigenvalue weighted by Gasteiger charge is -2.09. The summed E-state index contributed by atoms with van der Waals surface area (Å²) in [5.41, 5.74) is 3.78. The van der Waals surface area contributed by atoms with Gasteiger partial charge in [0.2, 0.25) is 0 Å². The van der Waals surface area contributed by atoms with Crippen molar-refractivity contribution in [3.05, 3.63) is 35.5 Å². The Hall–Kier alpha value is -1.97. The van der Waals surface area contributed by atoms with E-state index >= 15 is 0 Å². The Morgan fingerprint density at radius 1 is 1.23 bits per heavy atom. The van der Waals surface area contributed by atoms with Gasteiger partial charge in [-0.1, -0.05) is 13.3 Å². The smallest absolute Gasteiger partial charge is 0.133 e. The number of methoxy groups -OCH3 is 1. The summed E-state index contributed by atoms with van der Waals surface area (Å²) >= 11 is 0. The summed E-state index contributed by atoms with van der Waals surface area (Å²) in [7, 11) is 1.69. The predicted molar refractivity (Wildman–Crippen MR) is 90.2 cm³/mol. The van der Waals surface area contributed by atoms with Crippen molar-refractivity contribution in [1.29, 1.82) is 0 Å². The number of benzene rings is 1. The van der Waals surface area contributed by atoms with Crippen molar-refractivity contribution in [2.45, 2.75) is 45.4 Å². The van der Waals surface area contributed by atoms with Gasteiger partial charge >= 0.3 is 0 Å². The number of aromatic nitrogens is 2. The van der Waals surface area contributed by atoms with E-state index in [1.807, 2.05) is 12.1 Å². The largest absolute Gasteiger partial charge is 0.497 e. The first-order valence-electron chi connectivity index (χ1n) is 8.32. The maximum Gasteiger partial charge on any atom is 0.133 e. The van der Waals surface area contributed by atoms with Gasteiger partial charge in [-0.2, -0.15) is 5.10 Å². The van der Waals surface area contributed by atoms with Crippen molar-refractivity contribution in [2.75, 3.05) is 19.0 Å². The Bertz CT molecular complexity index is 616. The van der Waals surface area contributed by atoms with Gasteiger partial charge < -0.3 is 10.1 Å². The fraction of sp³-hybridized carbons (Fsp3) is 0.500. The summed E-state index contributed by atoms with van der Waals surface area (Å²) in [6.45, 7) is 3.26. The van der Waals surface area contributed by atoms with Crippen LogP contribution in [0.1, 0.15) is 43.9 Å². The molecule has 22 heavy (non-hydrogen) atoms. The molecule has 0 fully saturated rings. The minimum atomic E-state index is 0.876. The number of unbranched alkanes of at least 4 members (excludes halogenated alkanes) is 1. The second kappa shape index (κ2) is 6.86. The minimum Gasteiger partial charge on any atom is -0.497 e. The second-order valence-electron chi connectivity index (χ2n) is 5.87. The van der Waals surface area contributed by atoms with E-state index in [2.05, 4.69) is 29.1 Å². The summed E-state index contributed by atoms with van der Waals surface area (Å²) in [6, 6.07) is 8.13. The number of nitrogens with one attached hydrogen (secondary N) is 1. The van der Waals surface area contributed by atoms with E-state index in [0.29, 0.717) is 0 Å². The summed E-state index contributed by atoms with van der Waals surface area (Å²) in [5, 5.41) is 8.50. The Morgan fingerprint density at radius 3 is 2.77 bits per heavy atom. The van der Waals surface area contributed by atoms with Crippen LogP contribution in [-0.2, 0) is 12.8 Å². The van der Waals surface area contributed by atoms with E-state index < -0.39 is 0 Å². The fourth-order valence-corrected chi connectivity index (χ4v) is 3.03. The number of fused-ring (bicyclic) bond motifs is 1. The first-order chi connectivity index (χ1) is 10.8. The SMILES string of the molecule is CCCCc1nn(-c2ccc(OC)cc2)c2c1CCCCN2. The fourth-order valence-electron chi connectivity index (χ4n) is 3.03. The average Bonchev–Trinajstić information content (AvgIpc) is 2.74. The molecule has 1 N–H and O–H groups in total. The molecule has 2 heterocycles. The molecule has 0 saturated heterocycles. The molecule has 0 unspecified atom stereocenters. The summed E-state index contributed by atoms with van der Waals surface area (Å²) < 4.78 is 7.33. The predicted octanol–water partition coefficient (Wildman–Crippen LogP) is 3.97. The standard InChI is InChI=1S/C18H25N3O/c1-3-4-8-17-16-7-5-6-13-19-18(16)21(20-17)14-9-11-15(22-2)12-10-14/h9-12,19H,3-8,13H2,1-2H3. The number of hydrogen-bond acceptors (Lipinski definition) is 3. The molecule has 1 aromatic carbocycles. The molecule has 4 heteroatoms. The normalized spacial score (nSPS) is 14.1. The van der Waals surface area contributed by atoms with Crippen LogP contribution in [-0.4, -0.2) is 23.4 Å². The van der Waals surface area contributed by atoms with Gasteiger partial charge in [0.05, 0.1) is 18.5 Å². The highest BCUT2D eigenvalue weighted by Crippen LogP contribution is 2.29. The molecule has 0 atom stereocenters. The zero-order valence-electron chi connectivity index (χ0n) is 13.6. The number of rotatable bonds is 5. The van der Waals surface area contributed by atoms with Gasteiger partial charge in [-0.15, -0.1) is 0 Å². The van der Waals surface area contributed by atoms with E-state index in [-0.39, 0.29) is 0 Å². The van der Waals surface area contributed by atoms with Crippen LogP contribution in [0.4, 0.5) is 5.82 Å². The van der Waals surface area contributed by atoms with Crippen molar-refractivity contribution in [1.82, 2.24) is 9.78 Å². The maximum absolute atomic E-state index is 5.25. The topological polar surface area (TPSA) is 39.1 Å². The van der Waals surface area contributed by atoms with Crippen molar-refractivity contribution >= 4 is 5.82 Å². The zero-order valence-corrected chi connectivity index (χ0v) is 13.6. The molecule has 0 aliphatic carbocycles. The van der Waals surface area contributed by atoms with Gasteiger partial charge in [0, 0.05) is 12.1 Å². The molecular weight excluding hydrogens is 274 g/mol. The van der Waals surface area contributed by atoms with Crippen molar-refractivity contribution in [3.63, 3.8) is 0 Å². The van der Waals surface area contributed by atoms with E-state index in [1.165, 1.54) is 42.8 Å². The van der Waals surface area contributed by atoms with E-state index in [0.717, 1.165) is 30.8 Å². The Balaban J connectivity index is 2.00. The Kier molecular flexibility index (Phi) is 4.66. The zero-order chi connectivity index (χ0) is 15.4. The third-order valence-electron chi connectivity index (χ3n) is 4.30. The summed E-state index contributed by atoms with van der Waals surface area (Å²) in [6.07, 6.45) is 7.09. The number of ether oxygens (including phenoxy) is 1. The van der Waals surface area contributed by atoms with Crippen molar-refractivity contribution in [2.24, 2.45) is 0 Å². The van der Waals surface area contributed by atoms with Crippen LogP contribution in [0.3, 0.4) is 0 Å². The first kappa shape index (κ1) is 14.9. The van der Waals surface area contributed by atoms with E-state index in [1.54, 1.807) is 7.11 Å². The van der Waals surface area contributed by atoms with Gasteiger partial charge in [-0.3, -0.25) is 0 Å². The molecule has 1 aliphatic heterocycles. The number of nitrogens with zero attached hydrogens (tertiary/aromatic N) is 2. The van der Waals surface area contributed by atoms with Crippen LogP contribution in [0, 0.1) is 0 Å². The lowest BCUT2D eigenvalue weighted by Crippen LogP contribution is -2.07. The maximum atomic E-state index is 5.25. The molecule has 0 radical (unpaired) electrons. The van der Waals surface area contributed by atoms with Gasteiger partial charge in [-0.05, 0) is 56.4 Å². The monoisotopic (exact) mass is 299 g/mol. The third kappa shape index (κ3) is 2.96. The van der Waals surface area contributed by atoms with Crippen LogP contribution in [0.5, 0.6) is 5.75 Å². The summed E-state index contributed by atoms with van der Waals surface area (Å²) in [5.74, 6) is 2.06. The van der Waals surface area contributed by atoms with E-state index in [9.17, 15) is 0 Å². The van der Waals surface area contributed by atoms with Crippen molar-refractivity contribution in [3.8, 4) is 11.4 Å². The number of anilines is 1. The molecule has 0 amide bonds. The average molecular weight is 299 g/mol. The van der Waals surface area contributed by atoms with Gasteiger partial charge in [-0.25, -0.2) is 4.68 Å². The minimum absolute atomic E-state index is 0.876. The lowest BCUT2D eigenvalue weighted by molar-refractivity contribution is 0.414. The third-order valence-corrected chi connectivity index (χ3v) is 4.30. The molecule has 1 aromatic heterocycles. The van der Waals surface area contributed by atoms with Crippen LogP contribution >= 0.6 is 0 Å². The molecule has 118 valence electrons. The van der Waals surface area contributed by atoms with E-state index in [4.69, 9.17) is 9.84 Å². The molecule has 2 aromatic rings. The van der Waals surface area contributed by atoms with Crippen LogP contribution in [0.2, 0.25) is 0 Å². The molecule has 1 aliphatic rings. The number of hydrogen-bond donors (Lipinski definition) is 1. The molecule has 0 saturated carbocycles. The van der Waals surface area contributed by atoms with Gasteiger partial charge in [0.25, 0.3) is 0 Å². The summed E-state index contributed by atoms with van der Waals surface area (Å²) in [4.78, 5) is 0.